The van der Waals surface area contributed by atoms with E-state index in [0.29, 0.717) is 23.2 Å². The van der Waals surface area contributed by atoms with Gasteiger partial charge in [0.05, 0.1) is 13.3 Å². The topological polar surface area (TPSA) is 54.9 Å². The third-order valence-electron chi connectivity index (χ3n) is 3.12. The van der Waals surface area contributed by atoms with Gasteiger partial charge < -0.3 is 14.8 Å². The molecule has 0 atom stereocenters. The Morgan fingerprint density at radius 2 is 2.00 bits per heavy atom. The second kappa shape index (κ2) is 9.24. The van der Waals surface area contributed by atoms with Crippen molar-refractivity contribution in [2.75, 3.05) is 14.2 Å². The minimum Gasteiger partial charge on any atom is -0.493 e. The molecule has 2 rings (SSSR count). The first-order valence-corrected chi connectivity index (χ1v) is 8.39. The van der Waals surface area contributed by atoms with E-state index in [1.54, 1.807) is 20.4 Å². The van der Waals surface area contributed by atoms with Crippen LogP contribution in [0.2, 0.25) is 0 Å². The first-order chi connectivity index (χ1) is 11.6. The van der Waals surface area contributed by atoms with Crippen LogP contribution in [-0.2, 0) is 6.61 Å². The van der Waals surface area contributed by atoms with Crippen molar-refractivity contribution in [1.29, 1.82) is 0 Å². The van der Waals surface area contributed by atoms with E-state index in [1.807, 2.05) is 42.5 Å². The molecule has 0 heterocycles. The molecule has 0 unspecified atom stereocenters. The van der Waals surface area contributed by atoms with Crippen LogP contribution < -0.4 is 20.2 Å². The van der Waals surface area contributed by atoms with Crippen LogP contribution in [0.1, 0.15) is 11.1 Å². The lowest BCUT2D eigenvalue weighted by Gasteiger charge is -2.13. The fourth-order valence-electron chi connectivity index (χ4n) is 1.90. The predicted molar refractivity (Wildman–Crippen MR) is 104 cm³/mol. The Bertz CT molecular complexity index is 720. The maximum atomic E-state index is 5.96. The van der Waals surface area contributed by atoms with Gasteiger partial charge in [0.1, 0.15) is 6.61 Å². The average Bonchev–Trinajstić information content (AvgIpc) is 2.61. The van der Waals surface area contributed by atoms with Gasteiger partial charge in [-0.1, -0.05) is 34.1 Å². The molecular formula is C17H18BrN3O2S. The SMILES string of the molecule is CNC(=S)N/N=C/c1cccc(OC)c1OCc1ccc(Br)cc1. The lowest BCUT2D eigenvalue weighted by atomic mass is 10.2. The van der Waals surface area contributed by atoms with Gasteiger partial charge in [-0.15, -0.1) is 0 Å². The number of nitrogens with one attached hydrogen (secondary N) is 2. The highest BCUT2D eigenvalue weighted by Crippen LogP contribution is 2.30. The van der Waals surface area contributed by atoms with Gasteiger partial charge in [0, 0.05) is 17.1 Å². The maximum absolute atomic E-state index is 5.96. The third-order valence-corrected chi connectivity index (χ3v) is 3.95. The van der Waals surface area contributed by atoms with Crippen molar-refractivity contribution in [2.45, 2.75) is 6.61 Å². The smallest absolute Gasteiger partial charge is 0.186 e. The summed E-state index contributed by atoms with van der Waals surface area (Å²) in [5.74, 6) is 1.27. The summed E-state index contributed by atoms with van der Waals surface area (Å²) < 4.78 is 12.4. The number of para-hydroxylation sites is 1. The molecule has 0 saturated carbocycles. The van der Waals surface area contributed by atoms with Crippen LogP contribution >= 0.6 is 28.1 Å². The van der Waals surface area contributed by atoms with Gasteiger partial charge in [-0.05, 0) is 42.0 Å². The highest BCUT2D eigenvalue weighted by atomic mass is 79.9. The summed E-state index contributed by atoms with van der Waals surface area (Å²) in [6, 6.07) is 13.6. The van der Waals surface area contributed by atoms with Gasteiger partial charge in [-0.3, -0.25) is 5.43 Å². The van der Waals surface area contributed by atoms with Crippen molar-refractivity contribution in [3.05, 3.63) is 58.1 Å². The largest absolute Gasteiger partial charge is 0.493 e. The molecule has 0 aliphatic rings. The molecule has 0 radical (unpaired) electrons. The summed E-state index contributed by atoms with van der Waals surface area (Å²) in [4.78, 5) is 0. The van der Waals surface area contributed by atoms with E-state index in [0.717, 1.165) is 15.6 Å². The van der Waals surface area contributed by atoms with Crippen LogP contribution in [0.5, 0.6) is 11.5 Å². The summed E-state index contributed by atoms with van der Waals surface area (Å²) >= 11 is 8.40. The summed E-state index contributed by atoms with van der Waals surface area (Å²) in [5.41, 5.74) is 4.56. The molecule has 0 aliphatic heterocycles. The van der Waals surface area contributed by atoms with Crippen LogP contribution in [0.4, 0.5) is 0 Å². The fourth-order valence-corrected chi connectivity index (χ4v) is 2.22. The second-order valence-corrected chi connectivity index (χ2v) is 6.07. The van der Waals surface area contributed by atoms with E-state index in [-0.39, 0.29) is 0 Å². The molecule has 126 valence electrons. The molecule has 24 heavy (non-hydrogen) atoms. The van der Waals surface area contributed by atoms with Crippen LogP contribution in [0.25, 0.3) is 0 Å². The zero-order valence-electron chi connectivity index (χ0n) is 13.4. The summed E-state index contributed by atoms with van der Waals surface area (Å²) in [6.45, 7) is 0.427. The molecule has 0 spiro atoms. The number of halogens is 1. The molecule has 7 heteroatoms. The van der Waals surface area contributed by atoms with E-state index in [4.69, 9.17) is 21.7 Å². The van der Waals surface area contributed by atoms with Gasteiger partial charge in [0.15, 0.2) is 16.6 Å². The Hall–Kier alpha value is -2.12. The minimum atomic E-state index is 0.427. The Morgan fingerprint density at radius 3 is 2.67 bits per heavy atom. The number of hydrogen-bond acceptors (Lipinski definition) is 4. The molecule has 0 aromatic heterocycles. The van der Waals surface area contributed by atoms with Gasteiger partial charge >= 0.3 is 0 Å². The average molecular weight is 408 g/mol. The quantitative estimate of drug-likeness (QED) is 0.436. The van der Waals surface area contributed by atoms with Crippen LogP contribution in [0.3, 0.4) is 0 Å². The van der Waals surface area contributed by atoms with E-state index in [9.17, 15) is 0 Å². The zero-order chi connectivity index (χ0) is 17.4. The third kappa shape index (κ3) is 5.21. The molecule has 2 N–H and O–H groups in total. The van der Waals surface area contributed by atoms with Crippen molar-refractivity contribution in [3.8, 4) is 11.5 Å². The summed E-state index contributed by atoms with van der Waals surface area (Å²) in [6.07, 6.45) is 1.64. The number of thiocarbonyl (C=S) groups is 1. The lowest BCUT2D eigenvalue weighted by molar-refractivity contribution is 0.284. The Labute approximate surface area is 155 Å². The highest BCUT2D eigenvalue weighted by molar-refractivity contribution is 9.10. The minimum absolute atomic E-state index is 0.427. The lowest BCUT2D eigenvalue weighted by Crippen LogP contribution is -2.28. The van der Waals surface area contributed by atoms with Crippen LogP contribution in [0.15, 0.2) is 52.0 Å². The van der Waals surface area contributed by atoms with Crippen molar-refractivity contribution in [3.63, 3.8) is 0 Å². The number of hydrogen-bond donors (Lipinski definition) is 2. The number of hydrazone groups is 1. The molecule has 0 aliphatic carbocycles. The Kier molecular flexibility index (Phi) is 7.02. The Morgan fingerprint density at radius 1 is 1.25 bits per heavy atom. The monoisotopic (exact) mass is 407 g/mol. The molecule has 0 saturated heterocycles. The number of nitrogens with zero attached hydrogens (tertiary/aromatic N) is 1. The fraction of sp³-hybridized carbons (Fsp3) is 0.176. The van der Waals surface area contributed by atoms with Gasteiger partial charge in [-0.25, -0.2) is 0 Å². The molecule has 2 aromatic rings. The standard InChI is InChI=1S/C17H18BrN3O2S/c1-19-17(24)21-20-10-13-4-3-5-15(22-2)16(13)23-11-12-6-8-14(18)9-7-12/h3-10H,11H2,1-2H3,(H2,19,21,24)/b20-10+. The first kappa shape index (κ1) is 18.2. The van der Waals surface area contributed by atoms with Crippen LogP contribution in [-0.4, -0.2) is 25.5 Å². The highest BCUT2D eigenvalue weighted by Gasteiger charge is 2.09. The summed E-state index contributed by atoms with van der Waals surface area (Å²) in [7, 11) is 3.33. The van der Waals surface area contributed by atoms with E-state index >= 15 is 0 Å². The molecule has 0 amide bonds. The second-order valence-electron chi connectivity index (χ2n) is 4.74. The van der Waals surface area contributed by atoms with E-state index in [1.165, 1.54) is 0 Å². The molecule has 2 aromatic carbocycles. The normalized spacial score (nSPS) is 10.5. The van der Waals surface area contributed by atoms with Crippen molar-refractivity contribution in [2.24, 2.45) is 5.10 Å². The number of methoxy groups -OCH3 is 1. The molecular weight excluding hydrogens is 390 g/mol. The van der Waals surface area contributed by atoms with Crippen molar-refractivity contribution in [1.82, 2.24) is 10.7 Å². The molecule has 0 bridgehead atoms. The van der Waals surface area contributed by atoms with E-state index in [2.05, 4.69) is 31.8 Å². The number of rotatable bonds is 6. The van der Waals surface area contributed by atoms with E-state index < -0.39 is 0 Å². The van der Waals surface area contributed by atoms with Gasteiger partial charge in [0.2, 0.25) is 0 Å². The number of benzene rings is 2. The number of ether oxygens (including phenoxy) is 2. The predicted octanol–water partition coefficient (Wildman–Crippen LogP) is 3.46. The maximum Gasteiger partial charge on any atom is 0.186 e. The van der Waals surface area contributed by atoms with Gasteiger partial charge in [-0.2, -0.15) is 5.10 Å². The zero-order valence-corrected chi connectivity index (χ0v) is 15.8. The van der Waals surface area contributed by atoms with Crippen molar-refractivity contribution < 1.29 is 9.47 Å². The molecule has 0 fully saturated rings. The molecule has 5 nitrogen and oxygen atoms in total. The van der Waals surface area contributed by atoms with Crippen molar-refractivity contribution >= 4 is 39.5 Å². The van der Waals surface area contributed by atoms with Gasteiger partial charge in [0.25, 0.3) is 0 Å². The first-order valence-electron chi connectivity index (χ1n) is 7.19. The van der Waals surface area contributed by atoms with Crippen LogP contribution in [0, 0.1) is 0 Å². The summed E-state index contributed by atoms with van der Waals surface area (Å²) in [5, 5.41) is 7.32. The Balaban J connectivity index is 2.16.